The first-order valence-electron chi connectivity index (χ1n) is 5.80. The molecule has 2 aromatic rings. The van der Waals surface area contributed by atoms with Crippen molar-refractivity contribution in [2.75, 3.05) is 11.9 Å². The van der Waals surface area contributed by atoms with Crippen LogP contribution in [0.25, 0.3) is 0 Å². The minimum atomic E-state index is -0.145. The second kappa shape index (κ2) is 5.75. The van der Waals surface area contributed by atoms with Crippen molar-refractivity contribution in [3.63, 3.8) is 0 Å². The molecule has 2 aromatic carbocycles. The topological polar surface area (TPSA) is 47.3 Å². The van der Waals surface area contributed by atoms with Crippen molar-refractivity contribution >= 4 is 23.0 Å². The van der Waals surface area contributed by atoms with Crippen molar-refractivity contribution in [3.05, 3.63) is 58.6 Å². The van der Waals surface area contributed by atoms with Crippen molar-refractivity contribution in [1.82, 2.24) is 0 Å². The minimum absolute atomic E-state index is 0.145. The number of aliphatic hydroxyl groups is 1. The van der Waals surface area contributed by atoms with E-state index in [-0.39, 0.29) is 6.61 Å². The fourth-order valence-corrected chi connectivity index (χ4v) is 2.24. The van der Waals surface area contributed by atoms with E-state index in [1.165, 1.54) is 0 Å². The fraction of sp³-hybridized carbons (Fsp3) is 0.133. The van der Waals surface area contributed by atoms with Gasteiger partial charge in [-0.2, -0.15) is 5.26 Å². The molecular formula is C15H13ClN2O. The molecule has 0 fully saturated rings. The van der Waals surface area contributed by atoms with Gasteiger partial charge in [-0.1, -0.05) is 29.8 Å². The van der Waals surface area contributed by atoms with Gasteiger partial charge in [0.05, 0.1) is 17.9 Å². The summed E-state index contributed by atoms with van der Waals surface area (Å²) in [6.07, 6.45) is 0. The highest BCUT2D eigenvalue weighted by atomic mass is 35.5. The molecule has 0 spiro atoms. The molecule has 96 valence electrons. The van der Waals surface area contributed by atoms with Crippen LogP contribution in [0.3, 0.4) is 0 Å². The van der Waals surface area contributed by atoms with E-state index in [9.17, 15) is 5.11 Å². The van der Waals surface area contributed by atoms with Crippen molar-refractivity contribution in [1.29, 1.82) is 5.26 Å². The zero-order chi connectivity index (χ0) is 13.8. The Labute approximate surface area is 117 Å². The van der Waals surface area contributed by atoms with Crippen LogP contribution in [-0.4, -0.2) is 12.2 Å². The van der Waals surface area contributed by atoms with Crippen molar-refractivity contribution in [3.8, 4) is 6.07 Å². The van der Waals surface area contributed by atoms with E-state index in [1.807, 2.05) is 42.3 Å². The average Bonchev–Trinajstić information content (AvgIpc) is 2.46. The zero-order valence-corrected chi connectivity index (χ0v) is 11.2. The maximum Gasteiger partial charge on any atom is 0.101 e. The molecule has 0 saturated heterocycles. The predicted molar refractivity (Wildman–Crippen MR) is 76.6 cm³/mol. The highest BCUT2D eigenvalue weighted by molar-refractivity contribution is 6.31. The number of benzene rings is 2. The van der Waals surface area contributed by atoms with Gasteiger partial charge in [0.25, 0.3) is 0 Å². The Bertz CT molecular complexity index is 634. The van der Waals surface area contributed by atoms with Gasteiger partial charge in [-0.25, -0.2) is 0 Å². The summed E-state index contributed by atoms with van der Waals surface area (Å²) >= 11 is 6.08. The lowest BCUT2D eigenvalue weighted by Gasteiger charge is -2.23. The number of rotatable bonds is 3. The van der Waals surface area contributed by atoms with Gasteiger partial charge in [0.1, 0.15) is 6.07 Å². The normalized spacial score (nSPS) is 10.0. The third-order valence-electron chi connectivity index (χ3n) is 3.00. The second-order valence-electron chi connectivity index (χ2n) is 4.08. The Balaban J connectivity index is 2.54. The fourth-order valence-electron chi connectivity index (χ4n) is 2.01. The number of anilines is 2. The van der Waals surface area contributed by atoms with Crippen molar-refractivity contribution < 1.29 is 5.11 Å². The largest absolute Gasteiger partial charge is 0.392 e. The lowest BCUT2D eigenvalue weighted by atomic mass is 10.1. The molecule has 0 heterocycles. The van der Waals surface area contributed by atoms with E-state index in [4.69, 9.17) is 16.9 Å². The van der Waals surface area contributed by atoms with Gasteiger partial charge in [0.2, 0.25) is 0 Å². The minimum Gasteiger partial charge on any atom is -0.392 e. The molecule has 0 aliphatic carbocycles. The standard InChI is InChI=1S/C15H13ClN2O/c1-18(14-7-3-2-5-11(14)9-17)15-8-4-6-13(16)12(15)10-19/h2-8,19H,10H2,1H3. The molecule has 2 rings (SSSR count). The first-order valence-corrected chi connectivity index (χ1v) is 6.18. The second-order valence-corrected chi connectivity index (χ2v) is 4.49. The van der Waals surface area contributed by atoms with Gasteiger partial charge in [-0.05, 0) is 24.3 Å². The molecule has 0 aromatic heterocycles. The van der Waals surface area contributed by atoms with Crippen LogP contribution in [0.5, 0.6) is 0 Å². The molecule has 1 N–H and O–H groups in total. The summed E-state index contributed by atoms with van der Waals surface area (Å²) in [7, 11) is 1.85. The summed E-state index contributed by atoms with van der Waals surface area (Å²) in [5.74, 6) is 0. The zero-order valence-electron chi connectivity index (χ0n) is 10.5. The smallest absolute Gasteiger partial charge is 0.101 e. The van der Waals surface area contributed by atoms with E-state index < -0.39 is 0 Å². The lowest BCUT2D eigenvalue weighted by Crippen LogP contribution is -2.13. The first-order chi connectivity index (χ1) is 9.19. The number of halogens is 1. The molecule has 19 heavy (non-hydrogen) atoms. The van der Waals surface area contributed by atoms with Gasteiger partial charge in [0, 0.05) is 23.3 Å². The number of hydrogen-bond donors (Lipinski definition) is 1. The summed E-state index contributed by atoms with van der Waals surface area (Å²) < 4.78 is 0. The van der Waals surface area contributed by atoms with Crippen LogP contribution in [0.4, 0.5) is 11.4 Å². The predicted octanol–water partition coefficient (Wildman–Crippen LogP) is 3.47. The van der Waals surface area contributed by atoms with Gasteiger partial charge in [0.15, 0.2) is 0 Å². The lowest BCUT2D eigenvalue weighted by molar-refractivity contribution is 0.282. The van der Waals surface area contributed by atoms with Crippen LogP contribution in [-0.2, 0) is 6.61 Å². The van der Waals surface area contributed by atoms with Crippen LogP contribution < -0.4 is 4.90 Å². The van der Waals surface area contributed by atoms with E-state index >= 15 is 0 Å². The quantitative estimate of drug-likeness (QED) is 0.931. The summed E-state index contributed by atoms with van der Waals surface area (Å²) in [5, 5.41) is 19.1. The molecule has 0 saturated carbocycles. The molecule has 0 radical (unpaired) electrons. The monoisotopic (exact) mass is 272 g/mol. The first kappa shape index (κ1) is 13.4. The SMILES string of the molecule is CN(c1ccccc1C#N)c1cccc(Cl)c1CO. The van der Waals surface area contributed by atoms with Crippen LogP contribution in [0.2, 0.25) is 5.02 Å². The number of aliphatic hydroxyl groups excluding tert-OH is 1. The molecular weight excluding hydrogens is 260 g/mol. The maximum atomic E-state index is 9.45. The van der Waals surface area contributed by atoms with Crippen molar-refractivity contribution in [2.24, 2.45) is 0 Å². The summed E-state index contributed by atoms with van der Waals surface area (Å²) in [6, 6.07) is 14.9. The number of nitrogens with zero attached hydrogens (tertiary/aromatic N) is 2. The van der Waals surface area contributed by atoms with Gasteiger partial charge >= 0.3 is 0 Å². The van der Waals surface area contributed by atoms with E-state index in [1.54, 1.807) is 12.1 Å². The van der Waals surface area contributed by atoms with E-state index in [0.717, 1.165) is 11.4 Å². The summed E-state index contributed by atoms with van der Waals surface area (Å²) in [6.45, 7) is -0.145. The molecule has 0 aliphatic heterocycles. The third kappa shape index (κ3) is 2.55. The Hall–Kier alpha value is -2.02. The van der Waals surface area contributed by atoms with Gasteiger partial charge in [-0.15, -0.1) is 0 Å². The van der Waals surface area contributed by atoms with E-state index in [0.29, 0.717) is 16.1 Å². The molecule has 0 aliphatic rings. The molecule has 4 heteroatoms. The Morgan fingerprint density at radius 1 is 1.16 bits per heavy atom. The van der Waals surface area contributed by atoms with Crippen LogP contribution in [0.15, 0.2) is 42.5 Å². The molecule has 0 unspecified atom stereocenters. The average molecular weight is 273 g/mol. The molecule has 3 nitrogen and oxygen atoms in total. The maximum absolute atomic E-state index is 9.45. The van der Waals surface area contributed by atoms with Crippen LogP contribution in [0, 0.1) is 11.3 Å². The highest BCUT2D eigenvalue weighted by Gasteiger charge is 2.13. The summed E-state index contributed by atoms with van der Waals surface area (Å²) in [5.41, 5.74) is 2.80. The number of nitriles is 1. The Morgan fingerprint density at radius 2 is 1.84 bits per heavy atom. The van der Waals surface area contributed by atoms with Crippen LogP contribution >= 0.6 is 11.6 Å². The number of hydrogen-bond acceptors (Lipinski definition) is 3. The summed E-state index contributed by atoms with van der Waals surface area (Å²) in [4.78, 5) is 1.86. The van der Waals surface area contributed by atoms with Gasteiger partial charge < -0.3 is 10.0 Å². The van der Waals surface area contributed by atoms with Gasteiger partial charge in [-0.3, -0.25) is 0 Å². The Kier molecular flexibility index (Phi) is 4.06. The Morgan fingerprint density at radius 3 is 2.53 bits per heavy atom. The number of para-hydroxylation sites is 1. The van der Waals surface area contributed by atoms with E-state index in [2.05, 4.69) is 6.07 Å². The molecule has 0 amide bonds. The van der Waals surface area contributed by atoms with Crippen LogP contribution in [0.1, 0.15) is 11.1 Å². The third-order valence-corrected chi connectivity index (χ3v) is 3.35. The molecule has 0 bridgehead atoms. The molecule has 0 atom stereocenters. The van der Waals surface area contributed by atoms with Crippen molar-refractivity contribution in [2.45, 2.75) is 6.61 Å². The highest BCUT2D eigenvalue weighted by Crippen LogP contribution is 2.32.